The Morgan fingerprint density at radius 3 is 2.07 bits per heavy atom. The van der Waals surface area contributed by atoms with Crippen molar-refractivity contribution in [1.29, 1.82) is 0 Å². The van der Waals surface area contributed by atoms with Crippen LogP contribution < -0.4 is 0 Å². The molecule has 144 valence electrons. The Hall–Kier alpha value is -2.03. The first kappa shape index (κ1) is 19.7. The third kappa shape index (κ3) is 4.28. The molecule has 0 spiro atoms. The normalized spacial score (nSPS) is 15.7. The van der Waals surface area contributed by atoms with Gasteiger partial charge in [-0.15, -0.1) is 0 Å². The summed E-state index contributed by atoms with van der Waals surface area (Å²) in [5, 5.41) is 0.574. The van der Waals surface area contributed by atoms with Crippen LogP contribution in [0, 0.1) is 11.6 Å². The van der Waals surface area contributed by atoms with Crippen LogP contribution in [-0.2, 0) is 21.2 Å². The summed E-state index contributed by atoms with van der Waals surface area (Å²) in [4.78, 5) is 13.0. The summed E-state index contributed by atoms with van der Waals surface area (Å²) in [7, 11) is -4.31. The monoisotopic (exact) mass is 414 g/mol. The van der Waals surface area contributed by atoms with Crippen molar-refractivity contribution < 1.29 is 22.0 Å². The van der Waals surface area contributed by atoms with E-state index in [0.29, 0.717) is 5.02 Å². The fraction of sp³-hybridized carbons (Fsp3) is 0.278. The van der Waals surface area contributed by atoms with Gasteiger partial charge in [0.05, 0.1) is 6.42 Å². The SMILES string of the molecule is O=C(Cc1ccc(Cl)cc1)N1CCN(S(=O)(=O)c2c(F)cccc2F)CC1. The van der Waals surface area contributed by atoms with E-state index in [1.807, 2.05) is 0 Å². The van der Waals surface area contributed by atoms with E-state index in [2.05, 4.69) is 0 Å². The summed E-state index contributed by atoms with van der Waals surface area (Å²) in [5.74, 6) is -2.40. The molecule has 9 heteroatoms. The Labute approximate surface area is 161 Å². The molecular formula is C18H17ClF2N2O3S. The molecule has 0 radical (unpaired) electrons. The van der Waals surface area contributed by atoms with Crippen LogP contribution in [0.4, 0.5) is 8.78 Å². The molecule has 3 rings (SSSR count). The lowest BCUT2D eigenvalue weighted by atomic mass is 10.1. The number of hydrogen-bond acceptors (Lipinski definition) is 3. The van der Waals surface area contributed by atoms with Crippen molar-refractivity contribution >= 4 is 27.5 Å². The molecule has 0 atom stereocenters. The molecule has 27 heavy (non-hydrogen) atoms. The minimum Gasteiger partial charge on any atom is -0.340 e. The maximum atomic E-state index is 13.9. The summed E-state index contributed by atoms with van der Waals surface area (Å²) in [6.07, 6.45) is 0.172. The standard InChI is InChI=1S/C18H17ClF2N2O3S/c19-14-6-4-13(5-7-14)12-17(24)22-8-10-23(11-9-22)27(25,26)18-15(20)2-1-3-16(18)21/h1-7H,8-12H2. The minimum absolute atomic E-state index is 0.0253. The molecule has 0 N–H and O–H groups in total. The fourth-order valence-electron chi connectivity index (χ4n) is 2.92. The lowest BCUT2D eigenvalue weighted by Crippen LogP contribution is -2.51. The highest BCUT2D eigenvalue weighted by molar-refractivity contribution is 7.89. The topological polar surface area (TPSA) is 57.7 Å². The molecule has 1 amide bonds. The van der Waals surface area contributed by atoms with Crippen molar-refractivity contribution in [3.63, 3.8) is 0 Å². The number of halogens is 3. The molecule has 1 saturated heterocycles. The molecule has 1 aliphatic rings. The summed E-state index contributed by atoms with van der Waals surface area (Å²) < 4.78 is 53.8. The van der Waals surface area contributed by atoms with Crippen LogP contribution in [0.25, 0.3) is 0 Å². The van der Waals surface area contributed by atoms with E-state index in [0.717, 1.165) is 28.1 Å². The van der Waals surface area contributed by atoms with Gasteiger partial charge in [-0.3, -0.25) is 4.79 Å². The molecule has 1 aliphatic heterocycles. The van der Waals surface area contributed by atoms with E-state index >= 15 is 0 Å². The van der Waals surface area contributed by atoms with Gasteiger partial charge in [-0.2, -0.15) is 4.31 Å². The van der Waals surface area contributed by atoms with Crippen LogP contribution in [0.3, 0.4) is 0 Å². The van der Waals surface area contributed by atoms with Gasteiger partial charge >= 0.3 is 0 Å². The zero-order valence-corrected chi connectivity index (χ0v) is 15.8. The summed E-state index contributed by atoms with van der Waals surface area (Å²) in [5.41, 5.74) is 0.799. The minimum atomic E-state index is -4.31. The molecular weight excluding hydrogens is 398 g/mol. The summed E-state index contributed by atoms with van der Waals surface area (Å²) in [6, 6.07) is 9.81. The van der Waals surface area contributed by atoms with Gasteiger partial charge in [-0.1, -0.05) is 29.8 Å². The first-order chi connectivity index (χ1) is 12.8. The van der Waals surface area contributed by atoms with Gasteiger partial charge in [-0.05, 0) is 29.8 Å². The summed E-state index contributed by atoms with van der Waals surface area (Å²) in [6.45, 7) is 0.258. The van der Waals surface area contributed by atoms with Gasteiger partial charge in [0.25, 0.3) is 0 Å². The lowest BCUT2D eigenvalue weighted by molar-refractivity contribution is -0.131. The van der Waals surface area contributed by atoms with Crippen molar-refractivity contribution in [2.45, 2.75) is 11.3 Å². The van der Waals surface area contributed by atoms with Crippen molar-refractivity contribution in [3.8, 4) is 0 Å². The average Bonchev–Trinajstić information content (AvgIpc) is 2.63. The number of rotatable bonds is 4. The van der Waals surface area contributed by atoms with Crippen LogP contribution in [0.5, 0.6) is 0 Å². The molecule has 2 aromatic rings. The molecule has 5 nitrogen and oxygen atoms in total. The largest absolute Gasteiger partial charge is 0.340 e. The van der Waals surface area contributed by atoms with Gasteiger partial charge < -0.3 is 4.90 Å². The van der Waals surface area contributed by atoms with E-state index in [1.54, 1.807) is 29.2 Å². The number of amides is 1. The van der Waals surface area contributed by atoms with E-state index in [1.165, 1.54) is 0 Å². The lowest BCUT2D eigenvalue weighted by Gasteiger charge is -2.34. The van der Waals surface area contributed by atoms with Crippen LogP contribution >= 0.6 is 11.6 Å². The van der Waals surface area contributed by atoms with Crippen LogP contribution in [0.2, 0.25) is 5.02 Å². The van der Waals surface area contributed by atoms with Gasteiger partial charge in [-0.25, -0.2) is 17.2 Å². The van der Waals surface area contributed by atoms with E-state index in [-0.39, 0.29) is 38.5 Å². The zero-order valence-electron chi connectivity index (χ0n) is 14.2. The quantitative estimate of drug-likeness (QED) is 0.773. The number of sulfonamides is 1. The molecule has 0 saturated carbocycles. The van der Waals surface area contributed by atoms with Crippen molar-refractivity contribution in [2.75, 3.05) is 26.2 Å². The van der Waals surface area contributed by atoms with Crippen molar-refractivity contribution in [2.24, 2.45) is 0 Å². The molecule has 1 fully saturated rings. The highest BCUT2D eigenvalue weighted by Gasteiger charge is 2.33. The molecule has 2 aromatic carbocycles. The Morgan fingerprint density at radius 2 is 1.52 bits per heavy atom. The average molecular weight is 415 g/mol. The Morgan fingerprint density at radius 1 is 0.963 bits per heavy atom. The maximum absolute atomic E-state index is 13.9. The number of carbonyl (C=O) groups is 1. The third-order valence-electron chi connectivity index (χ3n) is 4.38. The number of hydrogen-bond donors (Lipinski definition) is 0. The molecule has 0 bridgehead atoms. The maximum Gasteiger partial charge on any atom is 0.249 e. The van der Waals surface area contributed by atoms with Crippen molar-refractivity contribution in [1.82, 2.24) is 9.21 Å². The van der Waals surface area contributed by atoms with Crippen LogP contribution in [-0.4, -0.2) is 49.7 Å². The predicted octanol–water partition coefficient (Wildman–Crippen LogP) is 2.69. The number of nitrogens with zero attached hydrogens (tertiary/aromatic N) is 2. The van der Waals surface area contributed by atoms with Crippen LogP contribution in [0.15, 0.2) is 47.4 Å². The van der Waals surface area contributed by atoms with Crippen LogP contribution in [0.1, 0.15) is 5.56 Å². The van der Waals surface area contributed by atoms with E-state index in [4.69, 9.17) is 11.6 Å². The first-order valence-electron chi connectivity index (χ1n) is 8.25. The Bertz CT molecular complexity index is 923. The highest BCUT2D eigenvalue weighted by Crippen LogP contribution is 2.23. The molecule has 0 aliphatic carbocycles. The molecule has 1 heterocycles. The number of carbonyl (C=O) groups excluding carboxylic acids is 1. The first-order valence-corrected chi connectivity index (χ1v) is 10.1. The van der Waals surface area contributed by atoms with Gasteiger partial charge in [0.15, 0.2) is 4.90 Å². The van der Waals surface area contributed by atoms with Gasteiger partial charge in [0, 0.05) is 31.2 Å². The fourth-order valence-corrected chi connectivity index (χ4v) is 4.58. The zero-order chi connectivity index (χ0) is 19.6. The molecule has 0 aromatic heterocycles. The predicted molar refractivity (Wildman–Crippen MR) is 96.9 cm³/mol. The second-order valence-corrected chi connectivity index (χ2v) is 8.45. The number of benzene rings is 2. The second kappa shape index (κ2) is 7.92. The smallest absolute Gasteiger partial charge is 0.249 e. The molecule has 0 unspecified atom stereocenters. The Kier molecular flexibility index (Phi) is 5.78. The second-order valence-electron chi connectivity index (χ2n) is 6.14. The van der Waals surface area contributed by atoms with E-state index < -0.39 is 26.6 Å². The number of piperazine rings is 1. The third-order valence-corrected chi connectivity index (χ3v) is 6.58. The summed E-state index contributed by atoms with van der Waals surface area (Å²) >= 11 is 5.82. The highest BCUT2D eigenvalue weighted by atomic mass is 35.5. The van der Waals surface area contributed by atoms with E-state index in [9.17, 15) is 22.0 Å². The van der Waals surface area contributed by atoms with Crippen molar-refractivity contribution in [3.05, 3.63) is 64.7 Å². The Balaban J connectivity index is 1.66. The van der Waals surface area contributed by atoms with Gasteiger partial charge in [0.1, 0.15) is 11.6 Å². The van der Waals surface area contributed by atoms with Gasteiger partial charge in [0.2, 0.25) is 15.9 Å².